The Morgan fingerprint density at radius 1 is 1.06 bits per heavy atom. The molecule has 2 N–H and O–H groups in total. The number of halogens is 1. The first-order valence-electron chi connectivity index (χ1n) is 5.78. The van der Waals surface area contributed by atoms with Crippen LogP contribution in [0.3, 0.4) is 0 Å². The Labute approximate surface area is 114 Å². The van der Waals surface area contributed by atoms with Crippen LogP contribution in [0.2, 0.25) is 0 Å². The first-order chi connectivity index (χ1) is 8.25. The van der Waals surface area contributed by atoms with Gasteiger partial charge in [-0.15, -0.1) is 12.4 Å². The number of hydrogen-bond acceptors (Lipinski definition) is 2. The van der Waals surface area contributed by atoms with Crippen LogP contribution in [-0.2, 0) is 6.61 Å². The van der Waals surface area contributed by atoms with Crippen molar-refractivity contribution >= 4 is 12.4 Å². The van der Waals surface area contributed by atoms with Gasteiger partial charge < -0.3 is 10.5 Å². The minimum atomic E-state index is 0. The standard InChI is InChI=1S/C15H17NO.ClH/c1-12(16)14-8-5-9-15(10-14)17-11-13-6-3-2-4-7-13;/h2-10,12H,11,16H2,1H3;1H/t12-;/m0./s1. The topological polar surface area (TPSA) is 35.2 Å². The molecule has 0 unspecified atom stereocenters. The van der Waals surface area contributed by atoms with E-state index in [0.29, 0.717) is 6.61 Å². The molecule has 18 heavy (non-hydrogen) atoms. The van der Waals surface area contributed by atoms with Crippen LogP contribution in [0.1, 0.15) is 24.1 Å². The summed E-state index contributed by atoms with van der Waals surface area (Å²) in [5.74, 6) is 0.864. The van der Waals surface area contributed by atoms with Crippen molar-refractivity contribution in [2.45, 2.75) is 19.6 Å². The van der Waals surface area contributed by atoms with E-state index in [1.165, 1.54) is 5.56 Å². The smallest absolute Gasteiger partial charge is 0.120 e. The third-order valence-corrected chi connectivity index (χ3v) is 2.63. The van der Waals surface area contributed by atoms with Crippen molar-refractivity contribution in [3.05, 3.63) is 65.7 Å². The van der Waals surface area contributed by atoms with Crippen LogP contribution < -0.4 is 10.5 Å². The number of benzene rings is 2. The second-order valence-electron chi connectivity index (χ2n) is 4.14. The zero-order chi connectivity index (χ0) is 12.1. The molecular weight excluding hydrogens is 246 g/mol. The maximum Gasteiger partial charge on any atom is 0.120 e. The lowest BCUT2D eigenvalue weighted by molar-refractivity contribution is 0.306. The van der Waals surface area contributed by atoms with E-state index in [4.69, 9.17) is 10.5 Å². The molecule has 2 rings (SSSR count). The fraction of sp³-hybridized carbons (Fsp3) is 0.200. The van der Waals surface area contributed by atoms with Gasteiger partial charge in [0.2, 0.25) is 0 Å². The second kappa shape index (κ2) is 7.04. The minimum Gasteiger partial charge on any atom is -0.489 e. The average molecular weight is 264 g/mol. The zero-order valence-corrected chi connectivity index (χ0v) is 11.2. The molecule has 0 heterocycles. The highest BCUT2D eigenvalue weighted by Crippen LogP contribution is 2.18. The van der Waals surface area contributed by atoms with Gasteiger partial charge in [0, 0.05) is 6.04 Å². The maximum atomic E-state index is 5.83. The molecule has 0 aliphatic carbocycles. The molecule has 0 radical (unpaired) electrons. The first kappa shape index (κ1) is 14.6. The summed E-state index contributed by atoms with van der Waals surface area (Å²) in [7, 11) is 0. The summed E-state index contributed by atoms with van der Waals surface area (Å²) in [6.45, 7) is 2.56. The molecule has 0 bridgehead atoms. The molecule has 0 aliphatic rings. The van der Waals surface area contributed by atoms with E-state index in [2.05, 4.69) is 12.1 Å². The Morgan fingerprint density at radius 2 is 1.78 bits per heavy atom. The molecule has 0 saturated heterocycles. The van der Waals surface area contributed by atoms with Gasteiger partial charge in [-0.05, 0) is 30.2 Å². The molecule has 0 saturated carbocycles. The Balaban J connectivity index is 0.00000162. The van der Waals surface area contributed by atoms with Gasteiger partial charge in [0.25, 0.3) is 0 Å². The van der Waals surface area contributed by atoms with Gasteiger partial charge in [-0.3, -0.25) is 0 Å². The normalized spacial score (nSPS) is 11.4. The third-order valence-electron chi connectivity index (χ3n) is 2.63. The van der Waals surface area contributed by atoms with E-state index in [9.17, 15) is 0 Å². The molecule has 0 aliphatic heterocycles. The summed E-state index contributed by atoms with van der Waals surface area (Å²) in [5.41, 5.74) is 8.09. The van der Waals surface area contributed by atoms with Crippen molar-refractivity contribution in [1.29, 1.82) is 0 Å². The molecule has 96 valence electrons. The van der Waals surface area contributed by atoms with Crippen LogP contribution in [0.4, 0.5) is 0 Å². The molecule has 0 amide bonds. The summed E-state index contributed by atoms with van der Waals surface area (Å²) < 4.78 is 5.73. The maximum absolute atomic E-state index is 5.83. The van der Waals surface area contributed by atoms with E-state index in [1.54, 1.807) is 0 Å². The van der Waals surface area contributed by atoms with Crippen molar-refractivity contribution in [2.24, 2.45) is 5.73 Å². The van der Waals surface area contributed by atoms with Crippen molar-refractivity contribution in [2.75, 3.05) is 0 Å². The number of hydrogen-bond donors (Lipinski definition) is 1. The summed E-state index contributed by atoms with van der Waals surface area (Å²) >= 11 is 0. The Kier molecular flexibility index (Phi) is 5.69. The number of rotatable bonds is 4. The van der Waals surface area contributed by atoms with Crippen LogP contribution in [0.5, 0.6) is 5.75 Å². The fourth-order valence-corrected chi connectivity index (χ4v) is 1.63. The molecule has 0 aromatic heterocycles. The highest BCUT2D eigenvalue weighted by molar-refractivity contribution is 5.85. The van der Waals surface area contributed by atoms with E-state index >= 15 is 0 Å². The monoisotopic (exact) mass is 263 g/mol. The molecule has 2 aromatic rings. The molecule has 3 heteroatoms. The third kappa shape index (κ3) is 4.06. The first-order valence-corrected chi connectivity index (χ1v) is 5.78. The van der Waals surface area contributed by atoms with Crippen molar-refractivity contribution < 1.29 is 4.74 Å². The SMILES string of the molecule is C[C@H](N)c1cccc(OCc2ccccc2)c1.Cl. The van der Waals surface area contributed by atoms with Gasteiger partial charge in [0.05, 0.1) is 0 Å². The van der Waals surface area contributed by atoms with Gasteiger partial charge in [-0.2, -0.15) is 0 Å². The van der Waals surface area contributed by atoms with Crippen LogP contribution in [0.25, 0.3) is 0 Å². The Morgan fingerprint density at radius 3 is 2.44 bits per heavy atom. The lowest BCUT2D eigenvalue weighted by Gasteiger charge is -2.10. The van der Waals surface area contributed by atoms with E-state index in [1.807, 2.05) is 49.4 Å². The summed E-state index contributed by atoms with van der Waals surface area (Å²) in [6.07, 6.45) is 0. The highest BCUT2D eigenvalue weighted by Gasteiger charge is 2.01. The lowest BCUT2D eigenvalue weighted by atomic mass is 10.1. The second-order valence-corrected chi connectivity index (χ2v) is 4.14. The van der Waals surface area contributed by atoms with Gasteiger partial charge in [0.15, 0.2) is 0 Å². The predicted molar refractivity (Wildman–Crippen MR) is 77.1 cm³/mol. The summed E-state index contributed by atoms with van der Waals surface area (Å²) in [4.78, 5) is 0. The average Bonchev–Trinajstić information content (AvgIpc) is 2.38. The minimum absolute atomic E-state index is 0. The number of nitrogens with two attached hydrogens (primary N) is 1. The highest BCUT2D eigenvalue weighted by atomic mass is 35.5. The van der Waals surface area contributed by atoms with Gasteiger partial charge >= 0.3 is 0 Å². The Hall–Kier alpha value is -1.51. The molecule has 0 spiro atoms. The van der Waals surface area contributed by atoms with Gasteiger partial charge in [-0.1, -0.05) is 42.5 Å². The summed E-state index contributed by atoms with van der Waals surface area (Å²) in [5, 5.41) is 0. The van der Waals surface area contributed by atoms with Crippen molar-refractivity contribution in [3.63, 3.8) is 0 Å². The summed E-state index contributed by atoms with van der Waals surface area (Å²) in [6, 6.07) is 18.1. The number of ether oxygens (including phenoxy) is 1. The Bertz CT molecular complexity index is 471. The molecule has 2 nitrogen and oxygen atoms in total. The van der Waals surface area contributed by atoms with Crippen molar-refractivity contribution in [3.8, 4) is 5.75 Å². The predicted octanol–water partition coefficient (Wildman–Crippen LogP) is 3.71. The van der Waals surface area contributed by atoms with Crippen LogP contribution in [0, 0.1) is 0 Å². The largest absolute Gasteiger partial charge is 0.489 e. The zero-order valence-electron chi connectivity index (χ0n) is 10.4. The van der Waals surface area contributed by atoms with E-state index in [0.717, 1.165) is 11.3 Å². The van der Waals surface area contributed by atoms with Crippen LogP contribution in [0.15, 0.2) is 54.6 Å². The molecule has 1 atom stereocenters. The lowest BCUT2D eigenvalue weighted by Crippen LogP contribution is -2.05. The quantitative estimate of drug-likeness (QED) is 0.913. The van der Waals surface area contributed by atoms with E-state index < -0.39 is 0 Å². The van der Waals surface area contributed by atoms with Crippen LogP contribution >= 0.6 is 12.4 Å². The van der Waals surface area contributed by atoms with Crippen LogP contribution in [-0.4, -0.2) is 0 Å². The van der Waals surface area contributed by atoms with E-state index in [-0.39, 0.29) is 18.4 Å². The fourth-order valence-electron chi connectivity index (χ4n) is 1.63. The molecule has 0 fully saturated rings. The molecule has 2 aromatic carbocycles. The van der Waals surface area contributed by atoms with Gasteiger partial charge in [-0.25, -0.2) is 0 Å². The van der Waals surface area contributed by atoms with Crippen molar-refractivity contribution in [1.82, 2.24) is 0 Å². The van der Waals surface area contributed by atoms with Gasteiger partial charge in [0.1, 0.15) is 12.4 Å². The molecular formula is C15H18ClNO.